The van der Waals surface area contributed by atoms with Gasteiger partial charge in [0.25, 0.3) is 15.6 Å². The second-order valence-electron chi connectivity index (χ2n) is 7.23. The number of anilines is 1. The molecule has 2 aromatic heterocycles. The van der Waals surface area contributed by atoms with Crippen LogP contribution in [0.3, 0.4) is 0 Å². The monoisotopic (exact) mass is 527 g/mol. The minimum Gasteiger partial charge on any atom is -0.456 e. The van der Waals surface area contributed by atoms with E-state index in [2.05, 4.69) is 25.6 Å². The Balaban J connectivity index is 1.44. The van der Waals surface area contributed by atoms with Crippen molar-refractivity contribution in [1.82, 2.24) is 9.38 Å². The van der Waals surface area contributed by atoms with Crippen LogP contribution in [0, 0.1) is 6.92 Å². The lowest BCUT2D eigenvalue weighted by atomic mass is 10.2. The highest BCUT2D eigenvalue weighted by Crippen LogP contribution is 2.18. The highest BCUT2D eigenvalue weighted by atomic mass is 79.9. The van der Waals surface area contributed by atoms with Gasteiger partial charge in [-0.3, -0.25) is 13.9 Å². The van der Waals surface area contributed by atoms with Gasteiger partial charge in [0, 0.05) is 22.4 Å². The van der Waals surface area contributed by atoms with Gasteiger partial charge in [0.05, 0.1) is 16.2 Å². The van der Waals surface area contributed by atoms with E-state index in [9.17, 15) is 18.0 Å². The Labute approximate surface area is 198 Å². The van der Waals surface area contributed by atoms with Crippen LogP contribution in [0.2, 0.25) is 0 Å². The van der Waals surface area contributed by atoms with Gasteiger partial charge in [-0.15, -0.1) is 0 Å². The number of carbonyl (C=O) groups excluding carboxylic acids is 1. The third-order valence-corrected chi connectivity index (χ3v) is 6.60. The number of ether oxygens (including phenoxy) is 1. The van der Waals surface area contributed by atoms with Crippen LogP contribution in [0.15, 0.2) is 87.1 Å². The zero-order valence-electron chi connectivity index (χ0n) is 17.4. The minimum absolute atomic E-state index is 0.00926. The van der Waals surface area contributed by atoms with Crippen LogP contribution in [0.5, 0.6) is 0 Å². The fourth-order valence-corrected chi connectivity index (χ4v) is 4.42. The van der Waals surface area contributed by atoms with E-state index in [0.29, 0.717) is 17.0 Å². The van der Waals surface area contributed by atoms with Crippen molar-refractivity contribution in [3.8, 4) is 0 Å². The van der Waals surface area contributed by atoms with Crippen LogP contribution in [0.1, 0.15) is 21.6 Å². The first-order chi connectivity index (χ1) is 15.7. The number of hydrogen-bond donors (Lipinski definition) is 1. The number of rotatable bonds is 6. The predicted molar refractivity (Wildman–Crippen MR) is 127 cm³/mol. The van der Waals surface area contributed by atoms with Crippen LogP contribution in [-0.4, -0.2) is 23.8 Å². The molecule has 0 aliphatic rings. The van der Waals surface area contributed by atoms with Crippen LogP contribution < -0.4 is 10.3 Å². The molecule has 8 nitrogen and oxygen atoms in total. The van der Waals surface area contributed by atoms with Crippen LogP contribution in [0.25, 0.3) is 5.65 Å². The van der Waals surface area contributed by atoms with E-state index in [1.165, 1.54) is 34.7 Å². The zero-order valence-corrected chi connectivity index (χ0v) is 19.8. The molecule has 4 rings (SSSR count). The molecule has 33 heavy (non-hydrogen) atoms. The van der Waals surface area contributed by atoms with Crippen molar-refractivity contribution in [2.75, 3.05) is 4.72 Å². The lowest BCUT2D eigenvalue weighted by Crippen LogP contribution is -2.16. The van der Waals surface area contributed by atoms with Gasteiger partial charge in [0.15, 0.2) is 0 Å². The van der Waals surface area contributed by atoms with Gasteiger partial charge in [0.1, 0.15) is 12.3 Å². The van der Waals surface area contributed by atoms with E-state index < -0.39 is 16.0 Å². The molecule has 0 fully saturated rings. The summed E-state index contributed by atoms with van der Waals surface area (Å²) < 4.78 is 35.0. The molecule has 0 unspecified atom stereocenters. The minimum atomic E-state index is -3.81. The summed E-state index contributed by atoms with van der Waals surface area (Å²) in [6.45, 7) is 1.71. The zero-order chi connectivity index (χ0) is 23.6. The smallest absolute Gasteiger partial charge is 0.338 e. The molecule has 0 radical (unpaired) electrons. The molecule has 0 saturated heterocycles. The number of carbonyl (C=O) groups is 1. The maximum Gasteiger partial charge on any atom is 0.338 e. The Morgan fingerprint density at radius 3 is 2.45 bits per heavy atom. The molecule has 0 amide bonds. The Bertz CT molecular complexity index is 1500. The number of aryl methyl sites for hydroxylation is 1. The van der Waals surface area contributed by atoms with Gasteiger partial charge < -0.3 is 4.74 Å². The Hall–Kier alpha value is -3.50. The Morgan fingerprint density at radius 2 is 1.76 bits per heavy atom. The van der Waals surface area contributed by atoms with Crippen LogP contribution in [0.4, 0.5) is 5.69 Å². The second-order valence-corrected chi connectivity index (χ2v) is 9.83. The molecule has 0 saturated carbocycles. The molecule has 2 heterocycles. The third kappa shape index (κ3) is 5.29. The predicted octanol–water partition coefficient (Wildman–Crippen LogP) is 3.92. The maximum atomic E-state index is 12.6. The Morgan fingerprint density at radius 1 is 1.06 bits per heavy atom. The number of nitrogens with one attached hydrogen (secondary N) is 1. The van der Waals surface area contributed by atoms with E-state index >= 15 is 0 Å². The van der Waals surface area contributed by atoms with E-state index in [1.807, 2.05) is 6.92 Å². The lowest BCUT2D eigenvalue weighted by molar-refractivity contribution is 0.0467. The maximum absolute atomic E-state index is 12.6. The highest BCUT2D eigenvalue weighted by molar-refractivity contribution is 9.10. The SMILES string of the molecule is Cc1ccc(NS(=O)(=O)c2ccc(C(=O)OCc3cc(=O)n4cc(Br)ccc4n3)cc2)cc1. The number of esters is 1. The topological polar surface area (TPSA) is 107 Å². The summed E-state index contributed by atoms with van der Waals surface area (Å²) in [7, 11) is -3.81. The number of hydrogen-bond acceptors (Lipinski definition) is 6. The first-order valence-electron chi connectivity index (χ1n) is 9.76. The number of aromatic nitrogens is 2. The normalized spacial score (nSPS) is 11.3. The van der Waals surface area contributed by atoms with Crippen LogP contribution in [-0.2, 0) is 21.4 Å². The molecular formula is C23H18BrN3O5S. The summed E-state index contributed by atoms with van der Waals surface area (Å²) in [6, 6.07) is 17.0. The fourth-order valence-electron chi connectivity index (χ4n) is 3.03. The molecule has 0 aliphatic heterocycles. The highest BCUT2D eigenvalue weighted by Gasteiger charge is 2.16. The summed E-state index contributed by atoms with van der Waals surface area (Å²) in [5.74, 6) is -0.664. The Kier molecular flexibility index (Phi) is 6.30. The largest absolute Gasteiger partial charge is 0.456 e. The van der Waals surface area contributed by atoms with Crippen molar-refractivity contribution in [3.63, 3.8) is 0 Å². The van der Waals surface area contributed by atoms with Crippen molar-refractivity contribution in [2.45, 2.75) is 18.4 Å². The molecule has 1 N–H and O–H groups in total. The van der Waals surface area contributed by atoms with Gasteiger partial charge in [-0.25, -0.2) is 18.2 Å². The molecule has 0 spiro atoms. The fraction of sp³-hybridized carbons (Fsp3) is 0.0870. The first-order valence-corrected chi connectivity index (χ1v) is 12.0. The summed E-state index contributed by atoms with van der Waals surface area (Å²) in [5.41, 5.74) is 2.05. The molecular weight excluding hydrogens is 510 g/mol. The molecule has 10 heteroatoms. The average molecular weight is 528 g/mol. The van der Waals surface area contributed by atoms with Crippen molar-refractivity contribution in [3.05, 3.63) is 105 Å². The van der Waals surface area contributed by atoms with Crippen LogP contribution >= 0.6 is 15.9 Å². The van der Waals surface area contributed by atoms with Gasteiger partial charge in [-0.2, -0.15) is 0 Å². The van der Waals surface area contributed by atoms with E-state index in [-0.39, 0.29) is 22.6 Å². The number of pyridine rings is 1. The number of halogens is 1. The molecule has 168 valence electrons. The molecule has 2 aromatic carbocycles. The van der Waals surface area contributed by atoms with E-state index in [0.717, 1.165) is 10.0 Å². The van der Waals surface area contributed by atoms with E-state index in [1.54, 1.807) is 42.6 Å². The molecule has 0 aliphatic carbocycles. The van der Waals surface area contributed by atoms with Crippen molar-refractivity contribution in [2.24, 2.45) is 0 Å². The van der Waals surface area contributed by atoms with Gasteiger partial charge in [0.2, 0.25) is 0 Å². The number of fused-ring (bicyclic) bond motifs is 1. The number of benzene rings is 2. The molecule has 0 atom stereocenters. The van der Waals surface area contributed by atoms with Gasteiger partial charge in [-0.1, -0.05) is 17.7 Å². The van der Waals surface area contributed by atoms with Crippen molar-refractivity contribution < 1.29 is 17.9 Å². The first kappa shape index (κ1) is 22.7. The summed E-state index contributed by atoms with van der Waals surface area (Å²) in [4.78, 5) is 29.0. The van der Waals surface area contributed by atoms with Crippen molar-refractivity contribution in [1.29, 1.82) is 0 Å². The number of nitrogens with zero attached hydrogens (tertiary/aromatic N) is 2. The van der Waals surface area contributed by atoms with Gasteiger partial charge in [-0.05, 0) is 71.4 Å². The number of sulfonamides is 1. The van der Waals surface area contributed by atoms with E-state index in [4.69, 9.17) is 4.74 Å². The average Bonchev–Trinajstić information content (AvgIpc) is 2.79. The molecule has 4 aromatic rings. The summed E-state index contributed by atoms with van der Waals surface area (Å²) in [5, 5.41) is 0. The third-order valence-electron chi connectivity index (χ3n) is 4.73. The lowest BCUT2D eigenvalue weighted by Gasteiger charge is -2.09. The summed E-state index contributed by atoms with van der Waals surface area (Å²) in [6.07, 6.45) is 1.60. The van der Waals surface area contributed by atoms with Gasteiger partial charge >= 0.3 is 5.97 Å². The molecule has 0 bridgehead atoms. The summed E-state index contributed by atoms with van der Waals surface area (Å²) >= 11 is 3.30. The van der Waals surface area contributed by atoms with Crippen molar-refractivity contribution >= 4 is 43.3 Å². The second kappa shape index (κ2) is 9.16. The quantitative estimate of drug-likeness (QED) is 0.381. The standard InChI is InChI=1S/C23H18BrN3O5S/c1-15-2-7-18(8-3-15)26-33(30,31)20-9-4-16(5-10-20)23(29)32-14-19-12-22(28)27-13-17(24)6-11-21(27)25-19/h2-13,26H,14H2,1H3.